The summed E-state index contributed by atoms with van der Waals surface area (Å²) in [6.45, 7) is -0.150. The first-order valence-corrected chi connectivity index (χ1v) is 8.68. The SMILES string of the molecule is N#Cc1ccc(N2C(=O)C(SCCO)=C(c3ccc(F)cc3)C2=O)cc1. The molecule has 0 unspecified atom stereocenters. The van der Waals surface area contributed by atoms with Crippen LogP contribution in [0.4, 0.5) is 10.1 Å². The highest BCUT2D eigenvalue weighted by atomic mass is 32.2. The summed E-state index contributed by atoms with van der Waals surface area (Å²) in [7, 11) is 0. The number of imide groups is 1. The number of nitriles is 1. The summed E-state index contributed by atoms with van der Waals surface area (Å²) in [6, 6.07) is 13.4. The van der Waals surface area contributed by atoms with Gasteiger partial charge in [-0.05, 0) is 42.0 Å². The number of carbonyl (C=O) groups is 2. The molecule has 1 aliphatic rings. The molecule has 7 heteroatoms. The van der Waals surface area contributed by atoms with Gasteiger partial charge in [-0.2, -0.15) is 5.26 Å². The van der Waals surface area contributed by atoms with Crippen LogP contribution in [-0.2, 0) is 9.59 Å². The molecule has 1 heterocycles. The van der Waals surface area contributed by atoms with Crippen LogP contribution in [0.25, 0.3) is 5.57 Å². The number of amides is 2. The number of thioether (sulfide) groups is 1. The van der Waals surface area contributed by atoms with Gasteiger partial charge >= 0.3 is 0 Å². The summed E-state index contributed by atoms with van der Waals surface area (Å²) < 4.78 is 13.2. The molecule has 0 bridgehead atoms. The lowest BCUT2D eigenvalue weighted by Gasteiger charge is -2.15. The van der Waals surface area contributed by atoms with Crippen molar-refractivity contribution in [2.75, 3.05) is 17.3 Å². The average Bonchev–Trinajstić information content (AvgIpc) is 2.91. The molecule has 26 heavy (non-hydrogen) atoms. The number of aliphatic hydroxyl groups excluding tert-OH is 1. The second-order valence-electron chi connectivity index (χ2n) is 5.39. The first-order chi connectivity index (χ1) is 12.6. The first-order valence-electron chi connectivity index (χ1n) is 7.69. The lowest BCUT2D eigenvalue weighted by Crippen LogP contribution is -2.31. The van der Waals surface area contributed by atoms with E-state index >= 15 is 0 Å². The highest BCUT2D eigenvalue weighted by Gasteiger charge is 2.40. The molecule has 1 aliphatic heterocycles. The lowest BCUT2D eigenvalue weighted by atomic mass is 10.1. The van der Waals surface area contributed by atoms with Crippen LogP contribution in [0.15, 0.2) is 53.4 Å². The molecule has 2 amide bonds. The third-order valence-corrected chi connectivity index (χ3v) is 4.82. The van der Waals surface area contributed by atoms with E-state index in [9.17, 15) is 14.0 Å². The van der Waals surface area contributed by atoms with Crippen LogP contribution in [0, 0.1) is 17.1 Å². The van der Waals surface area contributed by atoms with Gasteiger partial charge in [-0.25, -0.2) is 9.29 Å². The van der Waals surface area contributed by atoms with E-state index < -0.39 is 17.6 Å². The molecule has 2 aromatic carbocycles. The fraction of sp³-hybridized carbons (Fsp3) is 0.105. The van der Waals surface area contributed by atoms with E-state index in [2.05, 4.69) is 0 Å². The smallest absolute Gasteiger partial charge is 0.272 e. The third-order valence-electron chi connectivity index (χ3n) is 3.77. The number of halogens is 1. The van der Waals surface area contributed by atoms with Gasteiger partial charge in [0.05, 0.1) is 34.4 Å². The summed E-state index contributed by atoms with van der Waals surface area (Å²) in [5.74, 6) is -1.22. The Morgan fingerprint density at radius 2 is 1.69 bits per heavy atom. The lowest BCUT2D eigenvalue weighted by molar-refractivity contribution is -0.119. The van der Waals surface area contributed by atoms with Crippen LogP contribution in [0.1, 0.15) is 11.1 Å². The molecule has 0 radical (unpaired) electrons. The van der Waals surface area contributed by atoms with Crippen molar-refractivity contribution in [3.8, 4) is 6.07 Å². The summed E-state index contributed by atoms with van der Waals surface area (Å²) in [5, 5.41) is 18.0. The number of anilines is 1. The van der Waals surface area contributed by atoms with Gasteiger partial charge in [-0.3, -0.25) is 9.59 Å². The van der Waals surface area contributed by atoms with E-state index in [1.54, 1.807) is 0 Å². The monoisotopic (exact) mass is 368 g/mol. The van der Waals surface area contributed by atoms with Crippen molar-refractivity contribution in [3.05, 3.63) is 70.4 Å². The molecule has 2 aromatic rings. The number of rotatable bonds is 5. The van der Waals surface area contributed by atoms with Crippen LogP contribution in [-0.4, -0.2) is 29.3 Å². The maximum atomic E-state index is 13.2. The molecular formula is C19H13FN2O3S. The molecule has 0 aromatic heterocycles. The quantitative estimate of drug-likeness (QED) is 0.821. The number of aliphatic hydroxyl groups is 1. The maximum Gasteiger partial charge on any atom is 0.272 e. The van der Waals surface area contributed by atoms with Crippen molar-refractivity contribution in [3.63, 3.8) is 0 Å². The Morgan fingerprint density at radius 3 is 2.27 bits per heavy atom. The van der Waals surface area contributed by atoms with Gasteiger partial charge in [0, 0.05) is 5.75 Å². The number of hydrogen-bond acceptors (Lipinski definition) is 5. The normalized spacial score (nSPS) is 14.1. The molecule has 5 nitrogen and oxygen atoms in total. The van der Waals surface area contributed by atoms with Gasteiger partial charge in [0.1, 0.15) is 5.82 Å². The van der Waals surface area contributed by atoms with Crippen molar-refractivity contribution < 1.29 is 19.1 Å². The zero-order valence-corrected chi connectivity index (χ0v) is 14.3. The highest BCUT2D eigenvalue weighted by Crippen LogP contribution is 2.38. The molecule has 0 fully saturated rings. The second kappa shape index (κ2) is 7.52. The highest BCUT2D eigenvalue weighted by molar-refractivity contribution is 8.04. The Labute approximate surface area is 153 Å². The van der Waals surface area contributed by atoms with E-state index in [4.69, 9.17) is 10.4 Å². The first kappa shape index (κ1) is 17.9. The van der Waals surface area contributed by atoms with Gasteiger partial charge in [0.2, 0.25) is 0 Å². The standard InChI is InChI=1S/C19H13FN2O3S/c20-14-5-3-13(4-6-14)16-17(26-10-9-23)19(25)22(18(16)24)15-7-1-12(11-21)2-8-15/h1-8,23H,9-10H2. The summed E-state index contributed by atoms with van der Waals surface area (Å²) in [5.41, 5.74) is 1.37. The van der Waals surface area contributed by atoms with Gasteiger partial charge in [0.25, 0.3) is 11.8 Å². The van der Waals surface area contributed by atoms with Crippen LogP contribution in [0.2, 0.25) is 0 Å². The fourth-order valence-electron chi connectivity index (χ4n) is 2.58. The van der Waals surface area contributed by atoms with Gasteiger partial charge in [-0.1, -0.05) is 12.1 Å². The molecule has 0 spiro atoms. The topological polar surface area (TPSA) is 81.4 Å². The zero-order valence-electron chi connectivity index (χ0n) is 13.5. The molecule has 0 saturated heterocycles. The number of nitrogens with zero attached hydrogens (tertiary/aromatic N) is 2. The maximum absolute atomic E-state index is 13.2. The van der Waals surface area contributed by atoms with Crippen molar-refractivity contribution >= 4 is 34.8 Å². The molecule has 1 N–H and O–H groups in total. The van der Waals surface area contributed by atoms with Crippen LogP contribution < -0.4 is 4.90 Å². The molecule has 3 rings (SSSR count). The largest absolute Gasteiger partial charge is 0.396 e. The van der Waals surface area contributed by atoms with E-state index in [1.807, 2.05) is 6.07 Å². The fourth-order valence-corrected chi connectivity index (χ4v) is 3.44. The van der Waals surface area contributed by atoms with Crippen LogP contribution >= 0.6 is 11.8 Å². The Morgan fingerprint density at radius 1 is 1.04 bits per heavy atom. The summed E-state index contributed by atoms with van der Waals surface area (Å²) in [4.78, 5) is 27.0. The zero-order chi connectivity index (χ0) is 18.7. The third kappa shape index (κ3) is 3.25. The van der Waals surface area contributed by atoms with Crippen molar-refractivity contribution in [1.29, 1.82) is 5.26 Å². The van der Waals surface area contributed by atoms with Crippen molar-refractivity contribution in [1.82, 2.24) is 0 Å². The van der Waals surface area contributed by atoms with Crippen LogP contribution in [0.5, 0.6) is 0 Å². The molecule has 0 aliphatic carbocycles. The van der Waals surface area contributed by atoms with Gasteiger partial charge < -0.3 is 5.11 Å². The summed E-state index contributed by atoms with van der Waals surface area (Å²) in [6.07, 6.45) is 0. The Balaban J connectivity index is 2.04. The molecule has 0 saturated carbocycles. The van der Waals surface area contributed by atoms with Crippen molar-refractivity contribution in [2.45, 2.75) is 0 Å². The minimum atomic E-state index is -0.522. The minimum absolute atomic E-state index is 0.150. The predicted octanol–water partition coefficient (Wildman–Crippen LogP) is 2.71. The van der Waals surface area contributed by atoms with Gasteiger partial charge in [-0.15, -0.1) is 11.8 Å². The predicted molar refractivity (Wildman–Crippen MR) is 96.5 cm³/mol. The van der Waals surface area contributed by atoms with E-state index in [-0.39, 0.29) is 22.8 Å². The minimum Gasteiger partial charge on any atom is -0.396 e. The second-order valence-corrected chi connectivity index (χ2v) is 6.49. The van der Waals surface area contributed by atoms with E-state index in [1.165, 1.54) is 48.5 Å². The molecular weight excluding hydrogens is 355 g/mol. The molecule has 130 valence electrons. The Kier molecular flexibility index (Phi) is 5.16. The number of hydrogen-bond donors (Lipinski definition) is 1. The van der Waals surface area contributed by atoms with Gasteiger partial charge in [0.15, 0.2) is 0 Å². The van der Waals surface area contributed by atoms with E-state index in [0.29, 0.717) is 16.8 Å². The van der Waals surface area contributed by atoms with E-state index in [0.717, 1.165) is 16.7 Å². The number of carbonyl (C=O) groups excluding carboxylic acids is 2. The molecule has 0 atom stereocenters. The average molecular weight is 368 g/mol. The van der Waals surface area contributed by atoms with Crippen molar-refractivity contribution in [2.24, 2.45) is 0 Å². The Bertz CT molecular complexity index is 931. The Hall–Kier alpha value is -2.95. The van der Waals surface area contributed by atoms with Crippen LogP contribution in [0.3, 0.4) is 0 Å². The summed E-state index contributed by atoms with van der Waals surface area (Å²) >= 11 is 1.08. The number of benzene rings is 2.